The van der Waals surface area contributed by atoms with Gasteiger partial charge in [0.2, 0.25) is 0 Å². The van der Waals surface area contributed by atoms with Gasteiger partial charge >= 0.3 is 0 Å². The van der Waals surface area contributed by atoms with Gasteiger partial charge < -0.3 is 4.98 Å². The van der Waals surface area contributed by atoms with Crippen molar-refractivity contribution in [3.63, 3.8) is 0 Å². The second-order valence-electron chi connectivity index (χ2n) is 7.40. The number of aromatic amines is 1. The molecular formula is C22H20BN. The summed E-state index contributed by atoms with van der Waals surface area (Å²) in [6, 6.07) is 20.0. The van der Waals surface area contributed by atoms with Crippen molar-refractivity contribution in [3.8, 4) is 11.1 Å². The van der Waals surface area contributed by atoms with Crippen LogP contribution in [0.25, 0.3) is 32.9 Å². The fourth-order valence-corrected chi connectivity index (χ4v) is 4.63. The van der Waals surface area contributed by atoms with Crippen molar-refractivity contribution in [3.05, 3.63) is 65.7 Å². The van der Waals surface area contributed by atoms with Crippen molar-refractivity contribution < 1.29 is 0 Å². The van der Waals surface area contributed by atoms with Gasteiger partial charge in [-0.25, -0.2) is 0 Å². The Morgan fingerprint density at radius 2 is 1.67 bits per heavy atom. The first-order valence-electron chi connectivity index (χ1n) is 8.79. The van der Waals surface area contributed by atoms with Crippen LogP contribution in [-0.2, 0) is 5.41 Å². The molecule has 0 saturated carbocycles. The summed E-state index contributed by atoms with van der Waals surface area (Å²) in [5.41, 5.74) is 9.80. The molecule has 0 fully saturated rings. The Hall–Kier alpha value is -2.48. The molecule has 1 aliphatic rings. The molecule has 1 N–H and O–H groups in total. The predicted octanol–water partition coefficient (Wildman–Crippen LogP) is 4.74. The van der Waals surface area contributed by atoms with Crippen LogP contribution in [0.4, 0.5) is 0 Å². The third-order valence-electron chi connectivity index (χ3n) is 5.76. The lowest BCUT2D eigenvalue weighted by molar-refractivity contribution is 0.665. The number of hydrogen-bond acceptors (Lipinski definition) is 0. The molecule has 0 bridgehead atoms. The molecule has 0 atom stereocenters. The van der Waals surface area contributed by atoms with Gasteiger partial charge in [0.1, 0.15) is 0 Å². The monoisotopic (exact) mass is 309 g/mol. The Labute approximate surface area is 143 Å². The Kier molecular flexibility index (Phi) is 2.63. The maximum absolute atomic E-state index is 3.72. The number of H-pyrrole nitrogens is 1. The molecule has 0 saturated heterocycles. The zero-order valence-electron chi connectivity index (χ0n) is 14.4. The van der Waals surface area contributed by atoms with E-state index in [2.05, 4.69) is 80.3 Å². The summed E-state index contributed by atoms with van der Waals surface area (Å²) in [6.07, 6.45) is 0. The highest BCUT2D eigenvalue weighted by atomic mass is 14.7. The molecule has 24 heavy (non-hydrogen) atoms. The average Bonchev–Trinajstić information content (AvgIpc) is 3.08. The minimum atomic E-state index is 0.0240. The molecule has 0 unspecified atom stereocenters. The maximum atomic E-state index is 3.72. The average molecular weight is 309 g/mol. The zero-order valence-corrected chi connectivity index (χ0v) is 14.4. The van der Waals surface area contributed by atoms with Crippen LogP contribution in [-0.4, -0.2) is 12.3 Å². The van der Waals surface area contributed by atoms with Crippen molar-refractivity contribution >= 4 is 34.5 Å². The third kappa shape index (κ3) is 1.56. The first-order chi connectivity index (χ1) is 11.6. The van der Waals surface area contributed by atoms with E-state index >= 15 is 0 Å². The number of benzene rings is 3. The van der Waals surface area contributed by atoms with Gasteiger partial charge in [0.15, 0.2) is 7.28 Å². The summed E-state index contributed by atoms with van der Waals surface area (Å²) in [7, 11) is 1.06. The van der Waals surface area contributed by atoms with Gasteiger partial charge in [-0.05, 0) is 28.3 Å². The van der Waals surface area contributed by atoms with Crippen LogP contribution in [0, 0.1) is 0 Å². The molecule has 1 nitrogen and oxygen atoms in total. The summed E-state index contributed by atoms with van der Waals surface area (Å²) in [5.74, 6) is 0. The SMILES string of the molecule is CBc1cc2c([nH]c3ccccc32)c2c1-c1ccccc1C2(C)C. The summed E-state index contributed by atoms with van der Waals surface area (Å²) in [4.78, 5) is 3.72. The number of para-hydroxylation sites is 1. The molecule has 5 rings (SSSR count). The molecule has 116 valence electrons. The second kappa shape index (κ2) is 4.54. The second-order valence-corrected chi connectivity index (χ2v) is 7.40. The minimum Gasteiger partial charge on any atom is -0.354 e. The highest BCUT2D eigenvalue weighted by Gasteiger charge is 2.38. The van der Waals surface area contributed by atoms with Gasteiger partial charge in [-0.1, -0.05) is 74.7 Å². The summed E-state index contributed by atoms with van der Waals surface area (Å²) >= 11 is 0. The van der Waals surface area contributed by atoms with Crippen molar-refractivity contribution in [2.24, 2.45) is 0 Å². The van der Waals surface area contributed by atoms with E-state index < -0.39 is 0 Å². The predicted molar refractivity (Wildman–Crippen MR) is 106 cm³/mol. The van der Waals surface area contributed by atoms with Gasteiger partial charge in [-0.15, -0.1) is 0 Å². The lowest BCUT2D eigenvalue weighted by Crippen LogP contribution is -2.19. The fourth-order valence-electron chi connectivity index (χ4n) is 4.63. The van der Waals surface area contributed by atoms with Crippen LogP contribution in [0.2, 0.25) is 6.82 Å². The van der Waals surface area contributed by atoms with Crippen LogP contribution in [0.3, 0.4) is 0 Å². The van der Waals surface area contributed by atoms with E-state index in [0.29, 0.717) is 0 Å². The highest BCUT2D eigenvalue weighted by molar-refractivity contribution is 6.55. The summed E-state index contributed by atoms with van der Waals surface area (Å²) in [6.45, 7) is 6.99. The van der Waals surface area contributed by atoms with E-state index in [-0.39, 0.29) is 5.41 Å². The maximum Gasteiger partial charge on any atom is 0.155 e. The summed E-state index contributed by atoms with van der Waals surface area (Å²) in [5, 5.41) is 2.69. The van der Waals surface area contributed by atoms with Crippen molar-refractivity contribution in [2.75, 3.05) is 0 Å². The molecule has 0 spiro atoms. The Morgan fingerprint density at radius 3 is 2.50 bits per heavy atom. The summed E-state index contributed by atoms with van der Waals surface area (Å²) < 4.78 is 0. The van der Waals surface area contributed by atoms with E-state index in [1.54, 1.807) is 0 Å². The molecule has 0 aliphatic heterocycles. The Balaban J connectivity index is 2.03. The third-order valence-corrected chi connectivity index (χ3v) is 5.76. The fraction of sp³-hybridized carbons (Fsp3) is 0.182. The molecule has 1 heterocycles. The Morgan fingerprint density at radius 1 is 0.917 bits per heavy atom. The lowest BCUT2D eigenvalue weighted by Gasteiger charge is -2.22. The topological polar surface area (TPSA) is 15.8 Å². The van der Waals surface area contributed by atoms with Crippen LogP contribution < -0.4 is 5.46 Å². The van der Waals surface area contributed by atoms with Gasteiger partial charge in [0.25, 0.3) is 0 Å². The van der Waals surface area contributed by atoms with Crippen LogP contribution >= 0.6 is 0 Å². The van der Waals surface area contributed by atoms with Crippen molar-refractivity contribution in [1.82, 2.24) is 4.98 Å². The van der Waals surface area contributed by atoms with Crippen LogP contribution in [0.15, 0.2) is 54.6 Å². The lowest BCUT2D eigenvalue weighted by atomic mass is 9.68. The molecular weight excluding hydrogens is 289 g/mol. The first-order valence-corrected chi connectivity index (χ1v) is 8.79. The molecule has 1 aromatic heterocycles. The quantitative estimate of drug-likeness (QED) is 0.489. The van der Waals surface area contributed by atoms with E-state index in [4.69, 9.17) is 0 Å². The largest absolute Gasteiger partial charge is 0.354 e. The van der Waals surface area contributed by atoms with Gasteiger partial charge in [-0.3, -0.25) is 0 Å². The highest BCUT2D eigenvalue weighted by Crippen LogP contribution is 2.50. The molecule has 2 heteroatoms. The smallest absolute Gasteiger partial charge is 0.155 e. The molecule has 3 aromatic carbocycles. The van der Waals surface area contributed by atoms with Gasteiger partial charge in [0, 0.05) is 21.7 Å². The van der Waals surface area contributed by atoms with Gasteiger partial charge in [-0.2, -0.15) is 0 Å². The standard InChI is InChI=1S/C22H20BN/c1-22(2)16-10-6-4-9-14(16)19-17(23-3)12-15-13-8-5-7-11-18(13)24-21(15)20(19)22/h4-12,23-24H,1-3H3. The van der Waals surface area contributed by atoms with Gasteiger partial charge in [0.05, 0.1) is 5.52 Å². The number of rotatable bonds is 1. The van der Waals surface area contributed by atoms with Crippen LogP contribution in [0.1, 0.15) is 25.0 Å². The number of fused-ring (bicyclic) bond motifs is 7. The first kappa shape index (κ1) is 13.9. The van der Waals surface area contributed by atoms with Crippen molar-refractivity contribution in [1.29, 1.82) is 0 Å². The van der Waals surface area contributed by atoms with Crippen LogP contribution in [0.5, 0.6) is 0 Å². The molecule has 1 aliphatic carbocycles. The number of hydrogen-bond donors (Lipinski definition) is 1. The van der Waals surface area contributed by atoms with Crippen molar-refractivity contribution in [2.45, 2.75) is 26.1 Å². The van der Waals surface area contributed by atoms with E-state index in [1.165, 1.54) is 49.5 Å². The number of aromatic nitrogens is 1. The minimum absolute atomic E-state index is 0.0240. The van der Waals surface area contributed by atoms with E-state index in [1.807, 2.05) is 0 Å². The zero-order chi connectivity index (χ0) is 16.5. The van der Waals surface area contributed by atoms with E-state index in [9.17, 15) is 0 Å². The number of nitrogens with one attached hydrogen (secondary N) is 1. The molecule has 0 radical (unpaired) electrons. The normalized spacial score (nSPS) is 14.8. The van der Waals surface area contributed by atoms with E-state index in [0.717, 1.165) is 7.28 Å². The molecule has 4 aromatic rings. The molecule has 0 amide bonds. The Bertz CT molecular complexity index is 1120.